The summed E-state index contributed by atoms with van der Waals surface area (Å²) in [5.41, 5.74) is 4.37. The monoisotopic (exact) mass is 345 g/mol. The van der Waals surface area contributed by atoms with Gasteiger partial charge in [-0.2, -0.15) is 0 Å². The Labute approximate surface area is 154 Å². The molecule has 1 saturated heterocycles. The Morgan fingerprint density at radius 2 is 1.69 bits per heavy atom. The first-order valence-corrected chi connectivity index (χ1v) is 9.11. The van der Waals surface area contributed by atoms with E-state index in [0.29, 0.717) is 0 Å². The van der Waals surface area contributed by atoms with Crippen LogP contribution in [0.2, 0.25) is 0 Å². The van der Waals surface area contributed by atoms with Gasteiger partial charge in [-0.3, -0.25) is 14.7 Å². The Balaban J connectivity index is 1.41. The number of nitrogens with zero attached hydrogens (tertiary/aromatic N) is 3. The molecular formula is C22H23N3O. The van der Waals surface area contributed by atoms with Gasteiger partial charge in [-0.1, -0.05) is 24.3 Å². The smallest absolute Gasteiger partial charge is 0.159 e. The molecule has 1 aliphatic heterocycles. The van der Waals surface area contributed by atoms with Crippen molar-refractivity contribution in [2.75, 3.05) is 31.1 Å². The average Bonchev–Trinajstić information content (AvgIpc) is 2.69. The van der Waals surface area contributed by atoms with Crippen molar-refractivity contribution in [3.8, 4) is 0 Å². The van der Waals surface area contributed by atoms with E-state index in [4.69, 9.17) is 0 Å². The lowest BCUT2D eigenvalue weighted by molar-refractivity contribution is 0.101. The Kier molecular flexibility index (Phi) is 4.67. The Hall–Kier alpha value is -2.72. The fourth-order valence-corrected chi connectivity index (χ4v) is 3.61. The largest absolute Gasteiger partial charge is 0.369 e. The number of piperazine rings is 1. The molecule has 0 unspecified atom stereocenters. The zero-order chi connectivity index (χ0) is 17.9. The SMILES string of the molecule is CC(=O)c1ccc(N2CCN(Cc3cccc4cccnc34)CC2)cc1. The van der Waals surface area contributed by atoms with Gasteiger partial charge in [-0.05, 0) is 42.8 Å². The van der Waals surface area contributed by atoms with Crippen LogP contribution in [-0.2, 0) is 6.54 Å². The normalized spacial score (nSPS) is 15.3. The van der Waals surface area contributed by atoms with Crippen molar-refractivity contribution in [1.29, 1.82) is 0 Å². The zero-order valence-corrected chi connectivity index (χ0v) is 15.1. The third-order valence-corrected chi connectivity index (χ3v) is 5.12. The lowest BCUT2D eigenvalue weighted by Gasteiger charge is -2.36. The summed E-state index contributed by atoms with van der Waals surface area (Å²) in [5, 5.41) is 1.20. The van der Waals surface area contributed by atoms with E-state index < -0.39 is 0 Å². The minimum atomic E-state index is 0.116. The number of ketones is 1. The molecule has 1 aromatic heterocycles. The van der Waals surface area contributed by atoms with Crippen LogP contribution in [0.4, 0.5) is 5.69 Å². The fourth-order valence-electron chi connectivity index (χ4n) is 3.61. The standard InChI is InChI=1S/C22H23N3O/c1-17(26)18-7-9-21(10-8-18)25-14-12-24(13-15-25)16-20-5-2-4-19-6-3-11-23-22(19)20/h2-11H,12-16H2,1H3. The number of hydrogen-bond acceptors (Lipinski definition) is 4. The number of carbonyl (C=O) groups is 1. The summed E-state index contributed by atoms with van der Waals surface area (Å²) >= 11 is 0. The van der Waals surface area contributed by atoms with Crippen molar-refractivity contribution in [2.24, 2.45) is 0 Å². The first-order valence-electron chi connectivity index (χ1n) is 9.11. The molecule has 4 rings (SSSR count). The number of fused-ring (bicyclic) bond motifs is 1. The van der Waals surface area contributed by atoms with Gasteiger partial charge in [0.15, 0.2) is 5.78 Å². The third-order valence-electron chi connectivity index (χ3n) is 5.12. The number of carbonyl (C=O) groups excluding carboxylic acids is 1. The van der Waals surface area contributed by atoms with Crippen LogP contribution in [0.5, 0.6) is 0 Å². The van der Waals surface area contributed by atoms with Crippen molar-refractivity contribution in [1.82, 2.24) is 9.88 Å². The van der Waals surface area contributed by atoms with Gasteiger partial charge in [0.2, 0.25) is 0 Å². The molecule has 2 aromatic carbocycles. The zero-order valence-electron chi connectivity index (χ0n) is 15.1. The molecule has 4 heteroatoms. The van der Waals surface area contributed by atoms with E-state index in [1.54, 1.807) is 6.92 Å². The minimum absolute atomic E-state index is 0.116. The lowest BCUT2D eigenvalue weighted by Crippen LogP contribution is -2.46. The van der Waals surface area contributed by atoms with Crippen molar-refractivity contribution >= 4 is 22.4 Å². The molecule has 1 aliphatic rings. The molecule has 2 heterocycles. The third kappa shape index (κ3) is 3.46. The Morgan fingerprint density at radius 3 is 2.42 bits per heavy atom. The van der Waals surface area contributed by atoms with E-state index in [2.05, 4.69) is 51.2 Å². The van der Waals surface area contributed by atoms with Gasteiger partial charge in [-0.15, -0.1) is 0 Å². The number of para-hydroxylation sites is 1. The predicted octanol–water partition coefficient (Wildman–Crippen LogP) is 3.76. The van der Waals surface area contributed by atoms with Gasteiger partial charge < -0.3 is 4.90 Å². The summed E-state index contributed by atoms with van der Waals surface area (Å²) in [4.78, 5) is 20.9. The molecule has 1 fully saturated rings. The van der Waals surface area contributed by atoms with E-state index in [-0.39, 0.29) is 5.78 Å². The summed E-state index contributed by atoms with van der Waals surface area (Å²) < 4.78 is 0. The molecule has 0 amide bonds. The molecule has 0 bridgehead atoms. The summed E-state index contributed by atoms with van der Waals surface area (Å²) in [6.45, 7) is 6.59. The number of hydrogen-bond donors (Lipinski definition) is 0. The second-order valence-electron chi connectivity index (χ2n) is 6.86. The molecule has 0 aliphatic carbocycles. The topological polar surface area (TPSA) is 36.4 Å². The number of benzene rings is 2. The number of aromatic nitrogens is 1. The van der Waals surface area contributed by atoms with Crippen LogP contribution < -0.4 is 4.90 Å². The fraction of sp³-hybridized carbons (Fsp3) is 0.273. The summed E-state index contributed by atoms with van der Waals surface area (Å²) in [6.07, 6.45) is 1.87. The van der Waals surface area contributed by atoms with E-state index in [1.807, 2.05) is 24.4 Å². The maximum atomic E-state index is 11.4. The van der Waals surface area contributed by atoms with Crippen LogP contribution in [0.1, 0.15) is 22.8 Å². The van der Waals surface area contributed by atoms with E-state index in [0.717, 1.165) is 43.8 Å². The van der Waals surface area contributed by atoms with Crippen molar-refractivity contribution in [3.63, 3.8) is 0 Å². The van der Waals surface area contributed by atoms with Crippen LogP contribution >= 0.6 is 0 Å². The Morgan fingerprint density at radius 1 is 0.962 bits per heavy atom. The molecule has 26 heavy (non-hydrogen) atoms. The highest BCUT2D eigenvalue weighted by atomic mass is 16.1. The number of anilines is 1. The van der Waals surface area contributed by atoms with Gasteiger partial charge in [0.1, 0.15) is 0 Å². The number of rotatable bonds is 4. The predicted molar refractivity (Wildman–Crippen MR) is 106 cm³/mol. The van der Waals surface area contributed by atoms with E-state index >= 15 is 0 Å². The first kappa shape index (κ1) is 16.7. The summed E-state index contributed by atoms with van der Waals surface area (Å²) in [5.74, 6) is 0.116. The minimum Gasteiger partial charge on any atom is -0.369 e. The van der Waals surface area contributed by atoms with Gasteiger partial charge in [0, 0.05) is 55.6 Å². The number of pyridine rings is 1. The van der Waals surface area contributed by atoms with Gasteiger partial charge >= 0.3 is 0 Å². The van der Waals surface area contributed by atoms with Gasteiger partial charge in [0.05, 0.1) is 5.52 Å². The van der Waals surface area contributed by atoms with E-state index in [1.165, 1.54) is 16.6 Å². The maximum absolute atomic E-state index is 11.4. The highest BCUT2D eigenvalue weighted by Gasteiger charge is 2.18. The van der Waals surface area contributed by atoms with Crippen LogP contribution in [0.15, 0.2) is 60.8 Å². The molecule has 0 atom stereocenters. The first-order chi connectivity index (χ1) is 12.7. The molecule has 4 nitrogen and oxygen atoms in total. The second kappa shape index (κ2) is 7.26. The second-order valence-corrected chi connectivity index (χ2v) is 6.86. The van der Waals surface area contributed by atoms with Crippen LogP contribution in [0, 0.1) is 0 Å². The molecule has 0 spiro atoms. The molecule has 0 N–H and O–H groups in total. The molecule has 0 radical (unpaired) electrons. The van der Waals surface area contributed by atoms with Crippen molar-refractivity contribution in [3.05, 3.63) is 71.9 Å². The highest BCUT2D eigenvalue weighted by Crippen LogP contribution is 2.21. The van der Waals surface area contributed by atoms with Crippen LogP contribution in [-0.4, -0.2) is 41.8 Å². The quantitative estimate of drug-likeness (QED) is 0.675. The molecule has 132 valence electrons. The maximum Gasteiger partial charge on any atom is 0.159 e. The molecular weight excluding hydrogens is 322 g/mol. The number of Topliss-reactive ketones (excluding diaryl/α,β-unsaturated/α-hetero) is 1. The van der Waals surface area contributed by atoms with Crippen LogP contribution in [0.25, 0.3) is 10.9 Å². The van der Waals surface area contributed by atoms with Gasteiger partial charge in [0.25, 0.3) is 0 Å². The van der Waals surface area contributed by atoms with Crippen molar-refractivity contribution < 1.29 is 4.79 Å². The average molecular weight is 345 g/mol. The summed E-state index contributed by atoms with van der Waals surface area (Å²) in [7, 11) is 0. The van der Waals surface area contributed by atoms with Gasteiger partial charge in [-0.25, -0.2) is 0 Å². The van der Waals surface area contributed by atoms with Crippen LogP contribution in [0.3, 0.4) is 0 Å². The molecule has 3 aromatic rings. The lowest BCUT2D eigenvalue weighted by atomic mass is 10.1. The van der Waals surface area contributed by atoms with Crippen molar-refractivity contribution in [2.45, 2.75) is 13.5 Å². The van der Waals surface area contributed by atoms with E-state index in [9.17, 15) is 4.79 Å². The highest BCUT2D eigenvalue weighted by molar-refractivity contribution is 5.94. The Bertz CT molecular complexity index is 907. The summed E-state index contributed by atoms with van der Waals surface area (Å²) in [6, 6.07) is 18.5. The molecule has 0 saturated carbocycles.